The van der Waals surface area contributed by atoms with Crippen LogP contribution in [-0.4, -0.2) is 76.5 Å². The number of aliphatic imine (C=N–C) groups is 1. The summed E-state index contributed by atoms with van der Waals surface area (Å²) >= 11 is 0. The first-order valence-corrected chi connectivity index (χ1v) is 12.7. The number of guanidine groups is 1. The Bertz CT molecular complexity index is 1060. The SMILES string of the molecule is CC(C)CC(N)C(=O)NC(CCCN=C(N)N)C(=O)NC(CC(N)=O)C(=O)NC(Cc1ccc(O)cc1)C(=O)O. The molecule has 0 aliphatic rings. The highest BCUT2D eigenvalue weighted by molar-refractivity contribution is 5.96. The van der Waals surface area contributed by atoms with Crippen LogP contribution >= 0.6 is 0 Å². The Balaban J connectivity index is 3.06. The topological polar surface area (TPSA) is 278 Å². The number of nitrogens with zero attached hydrogens (tertiary/aromatic N) is 1. The van der Waals surface area contributed by atoms with Gasteiger partial charge in [0.15, 0.2) is 5.96 Å². The van der Waals surface area contributed by atoms with E-state index < -0.39 is 60.2 Å². The van der Waals surface area contributed by atoms with Crippen molar-refractivity contribution >= 4 is 35.6 Å². The molecule has 0 saturated carbocycles. The van der Waals surface area contributed by atoms with E-state index in [-0.39, 0.29) is 43.4 Å². The lowest BCUT2D eigenvalue weighted by Crippen LogP contribution is -2.58. The van der Waals surface area contributed by atoms with Crippen LogP contribution in [0.4, 0.5) is 0 Å². The maximum absolute atomic E-state index is 13.2. The fourth-order valence-corrected chi connectivity index (χ4v) is 3.69. The van der Waals surface area contributed by atoms with Crippen LogP contribution in [0.25, 0.3) is 0 Å². The van der Waals surface area contributed by atoms with Gasteiger partial charge in [-0.3, -0.25) is 24.2 Å². The summed E-state index contributed by atoms with van der Waals surface area (Å²) in [4.78, 5) is 66.1. The van der Waals surface area contributed by atoms with Gasteiger partial charge >= 0.3 is 5.97 Å². The minimum Gasteiger partial charge on any atom is -0.508 e. The van der Waals surface area contributed by atoms with Crippen LogP contribution in [0.1, 0.15) is 45.1 Å². The van der Waals surface area contributed by atoms with Gasteiger partial charge < -0.3 is 49.1 Å². The van der Waals surface area contributed by atoms with Crippen molar-refractivity contribution in [3.8, 4) is 5.75 Å². The number of hydrogen-bond donors (Lipinski definition) is 9. The molecule has 0 aliphatic heterocycles. The molecule has 0 radical (unpaired) electrons. The molecule has 4 unspecified atom stereocenters. The monoisotopic (exact) mass is 564 g/mol. The van der Waals surface area contributed by atoms with E-state index in [4.69, 9.17) is 22.9 Å². The van der Waals surface area contributed by atoms with Gasteiger partial charge in [-0.2, -0.15) is 0 Å². The van der Waals surface area contributed by atoms with Gasteiger partial charge in [0.1, 0.15) is 23.9 Å². The summed E-state index contributed by atoms with van der Waals surface area (Å²) in [6, 6.07) is 0.673. The number of amides is 4. The largest absolute Gasteiger partial charge is 0.508 e. The maximum atomic E-state index is 13.2. The van der Waals surface area contributed by atoms with E-state index in [0.29, 0.717) is 12.0 Å². The molecular weight excluding hydrogens is 524 g/mol. The molecule has 0 fully saturated rings. The van der Waals surface area contributed by atoms with Gasteiger partial charge in [0, 0.05) is 13.0 Å². The predicted octanol–water partition coefficient (Wildman–Crippen LogP) is -2.22. The summed E-state index contributed by atoms with van der Waals surface area (Å²) in [7, 11) is 0. The molecule has 1 rings (SSSR count). The number of aliphatic carboxylic acids is 1. The molecular formula is C25H40N8O7. The average molecular weight is 565 g/mol. The second-order valence-corrected chi connectivity index (χ2v) is 9.75. The second kappa shape index (κ2) is 16.5. The number of phenols is 1. The smallest absolute Gasteiger partial charge is 0.326 e. The molecule has 222 valence electrons. The molecule has 0 aromatic heterocycles. The Labute approximate surface area is 232 Å². The number of nitrogens with two attached hydrogens (primary N) is 4. The quantitative estimate of drug-likeness (QED) is 0.0558. The van der Waals surface area contributed by atoms with E-state index in [0.717, 1.165) is 0 Å². The zero-order valence-electron chi connectivity index (χ0n) is 22.6. The van der Waals surface area contributed by atoms with E-state index in [1.165, 1.54) is 24.3 Å². The minimum absolute atomic E-state index is 0.0194. The molecule has 40 heavy (non-hydrogen) atoms. The lowest BCUT2D eigenvalue weighted by atomic mass is 10.0. The highest BCUT2D eigenvalue weighted by atomic mass is 16.4. The van der Waals surface area contributed by atoms with E-state index in [1.807, 2.05) is 13.8 Å². The summed E-state index contributed by atoms with van der Waals surface area (Å²) in [6.07, 6.45) is -0.0820. The number of carboxylic acids is 1. The van der Waals surface area contributed by atoms with Crippen molar-refractivity contribution in [2.24, 2.45) is 33.8 Å². The third-order valence-electron chi connectivity index (χ3n) is 5.67. The molecule has 15 nitrogen and oxygen atoms in total. The van der Waals surface area contributed by atoms with Gasteiger partial charge in [0.2, 0.25) is 23.6 Å². The van der Waals surface area contributed by atoms with Crippen molar-refractivity contribution in [1.29, 1.82) is 0 Å². The number of primary amides is 1. The zero-order valence-corrected chi connectivity index (χ0v) is 22.6. The first-order valence-electron chi connectivity index (χ1n) is 12.7. The number of carbonyl (C=O) groups excluding carboxylic acids is 4. The van der Waals surface area contributed by atoms with Gasteiger partial charge in [-0.05, 0) is 42.9 Å². The summed E-state index contributed by atoms with van der Waals surface area (Å²) in [5.41, 5.74) is 22.3. The molecule has 15 heteroatoms. The molecule has 0 bridgehead atoms. The Hall–Kier alpha value is -4.40. The van der Waals surface area contributed by atoms with Crippen LogP contribution in [0.5, 0.6) is 5.75 Å². The molecule has 0 aliphatic carbocycles. The number of hydrogen-bond acceptors (Lipinski definition) is 8. The summed E-state index contributed by atoms with van der Waals surface area (Å²) in [5.74, 6) is -4.74. The van der Waals surface area contributed by atoms with E-state index >= 15 is 0 Å². The molecule has 4 amide bonds. The first-order chi connectivity index (χ1) is 18.7. The molecule has 0 heterocycles. The fourth-order valence-electron chi connectivity index (χ4n) is 3.69. The first kappa shape index (κ1) is 33.6. The van der Waals surface area contributed by atoms with Crippen LogP contribution in [0.2, 0.25) is 0 Å². The molecule has 13 N–H and O–H groups in total. The van der Waals surface area contributed by atoms with Gasteiger partial charge in [-0.25, -0.2) is 4.79 Å². The van der Waals surface area contributed by atoms with E-state index in [1.54, 1.807) is 0 Å². The Morgan fingerprint density at radius 3 is 1.95 bits per heavy atom. The Morgan fingerprint density at radius 2 is 1.43 bits per heavy atom. The standard InChI is InChI=1S/C25H40N8O7/c1-13(2)10-16(26)21(36)31-17(4-3-9-30-25(28)29)22(37)32-18(12-20(27)35)23(38)33-19(24(39)40)11-14-5-7-15(34)8-6-14/h5-8,13,16-19,34H,3-4,9-12,26H2,1-2H3,(H2,27,35)(H,31,36)(H,32,37)(H,33,38)(H,39,40)(H4,28,29,30). The Kier molecular flexibility index (Phi) is 13.9. The predicted molar refractivity (Wildman–Crippen MR) is 146 cm³/mol. The van der Waals surface area contributed by atoms with Crippen molar-refractivity contribution in [3.05, 3.63) is 29.8 Å². The van der Waals surface area contributed by atoms with Gasteiger partial charge in [0.25, 0.3) is 0 Å². The maximum Gasteiger partial charge on any atom is 0.326 e. The van der Waals surface area contributed by atoms with E-state index in [2.05, 4.69) is 20.9 Å². The zero-order chi connectivity index (χ0) is 30.4. The highest BCUT2D eigenvalue weighted by Crippen LogP contribution is 2.12. The highest BCUT2D eigenvalue weighted by Gasteiger charge is 2.31. The van der Waals surface area contributed by atoms with Gasteiger partial charge in [-0.1, -0.05) is 26.0 Å². The number of nitrogens with one attached hydrogen (secondary N) is 3. The fraction of sp³-hybridized carbons (Fsp3) is 0.520. The Morgan fingerprint density at radius 1 is 0.875 bits per heavy atom. The number of rotatable bonds is 17. The van der Waals surface area contributed by atoms with Gasteiger partial charge in [-0.15, -0.1) is 0 Å². The number of carboxylic acid groups (broad SMARTS) is 1. The number of carbonyl (C=O) groups is 5. The summed E-state index contributed by atoms with van der Waals surface area (Å²) in [5, 5.41) is 26.3. The lowest BCUT2D eigenvalue weighted by Gasteiger charge is -2.25. The normalized spacial score (nSPS) is 13.8. The second-order valence-electron chi connectivity index (χ2n) is 9.75. The number of aromatic hydroxyl groups is 1. The lowest BCUT2D eigenvalue weighted by molar-refractivity contribution is -0.142. The van der Waals surface area contributed by atoms with Crippen LogP contribution in [-0.2, 0) is 30.4 Å². The van der Waals surface area contributed by atoms with Crippen LogP contribution in [0.3, 0.4) is 0 Å². The molecule has 0 saturated heterocycles. The van der Waals surface area contributed by atoms with E-state index in [9.17, 15) is 34.2 Å². The van der Waals surface area contributed by atoms with Crippen molar-refractivity contribution in [1.82, 2.24) is 16.0 Å². The van der Waals surface area contributed by atoms with Crippen molar-refractivity contribution in [3.63, 3.8) is 0 Å². The summed E-state index contributed by atoms with van der Waals surface area (Å²) < 4.78 is 0. The minimum atomic E-state index is -1.53. The van der Waals surface area contributed by atoms with Crippen molar-refractivity contribution < 1.29 is 34.2 Å². The molecule has 1 aromatic carbocycles. The van der Waals surface area contributed by atoms with Crippen LogP contribution in [0, 0.1) is 5.92 Å². The third-order valence-corrected chi connectivity index (χ3v) is 5.67. The third kappa shape index (κ3) is 12.9. The van der Waals surface area contributed by atoms with Crippen LogP contribution < -0.4 is 38.9 Å². The van der Waals surface area contributed by atoms with Gasteiger partial charge in [0.05, 0.1) is 12.5 Å². The van der Waals surface area contributed by atoms with Crippen LogP contribution in [0.15, 0.2) is 29.3 Å². The molecule has 4 atom stereocenters. The molecule has 0 spiro atoms. The van der Waals surface area contributed by atoms with Crippen molar-refractivity contribution in [2.45, 2.75) is 70.1 Å². The summed E-state index contributed by atoms with van der Waals surface area (Å²) in [6.45, 7) is 3.92. The average Bonchev–Trinajstić information content (AvgIpc) is 2.85. The number of phenolic OH excluding ortho intramolecular Hbond substituents is 1. The number of benzene rings is 1. The molecule has 1 aromatic rings. The van der Waals surface area contributed by atoms with Crippen molar-refractivity contribution in [2.75, 3.05) is 6.54 Å².